The van der Waals surface area contributed by atoms with Gasteiger partial charge in [-0.05, 0) is 42.7 Å². The lowest BCUT2D eigenvalue weighted by Crippen LogP contribution is -2.23. The van der Waals surface area contributed by atoms with Crippen LogP contribution in [-0.4, -0.2) is 23.0 Å². The largest absolute Gasteiger partial charge is 0.465 e. The Morgan fingerprint density at radius 3 is 2.58 bits per heavy atom. The van der Waals surface area contributed by atoms with Crippen molar-refractivity contribution in [3.05, 3.63) is 70.3 Å². The number of aromatic nitrogens is 2. The van der Waals surface area contributed by atoms with Gasteiger partial charge in [-0.1, -0.05) is 25.0 Å². The molecule has 3 aromatic rings. The van der Waals surface area contributed by atoms with Crippen LogP contribution in [0.2, 0.25) is 0 Å². The number of benzene rings is 1. The standard InChI is InChI=1S/C21H20N2O2S/c1-25-19(24)15-6-8-17(9-7-15)21(10-2-3-11-21)20-23-18(14-26-20)16-5-4-12-22-13-16/h4-9,12-14H,2-3,10-11H2,1H3. The fourth-order valence-electron chi connectivity index (χ4n) is 3.79. The van der Waals surface area contributed by atoms with Crippen LogP contribution < -0.4 is 0 Å². The van der Waals surface area contributed by atoms with Crippen molar-refractivity contribution in [2.24, 2.45) is 0 Å². The number of nitrogens with zero attached hydrogens (tertiary/aromatic N) is 2. The van der Waals surface area contributed by atoms with Crippen LogP contribution in [0.25, 0.3) is 11.3 Å². The Hall–Kier alpha value is -2.53. The van der Waals surface area contributed by atoms with E-state index in [1.165, 1.54) is 25.5 Å². The fourth-order valence-corrected chi connectivity index (χ4v) is 4.90. The molecule has 0 unspecified atom stereocenters. The lowest BCUT2D eigenvalue weighted by Gasteiger charge is -2.27. The van der Waals surface area contributed by atoms with Crippen molar-refractivity contribution in [1.29, 1.82) is 0 Å². The van der Waals surface area contributed by atoms with Gasteiger partial charge in [0.1, 0.15) is 5.01 Å². The van der Waals surface area contributed by atoms with Crippen molar-refractivity contribution in [3.63, 3.8) is 0 Å². The van der Waals surface area contributed by atoms with Crippen LogP contribution >= 0.6 is 11.3 Å². The smallest absolute Gasteiger partial charge is 0.337 e. The average Bonchev–Trinajstić information content (AvgIpc) is 3.38. The molecule has 4 rings (SSSR count). The van der Waals surface area contributed by atoms with Gasteiger partial charge in [0, 0.05) is 28.8 Å². The number of hydrogen-bond donors (Lipinski definition) is 0. The first kappa shape index (κ1) is 16.9. The summed E-state index contributed by atoms with van der Waals surface area (Å²) in [5.41, 5.74) is 3.79. The molecule has 0 amide bonds. The van der Waals surface area contributed by atoms with Crippen LogP contribution in [0, 0.1) is 0 Å². The summed E-state index contributed by atoms with van der Waals surface area (Å²) in [7, 11) is 1.41. The minimum absolute atomic E-state index is 0.0558. The van der Waals surface area contributed by atoms with Gasteiger partial charge in [-0.25, -0.2) is 9.78 Å². The zero-order chi connectivity index (χ0) is 18.0. The van der Waals surface area contributed by atoms with Crippen molar-refractivity contribution in [1.82, 2.24) is 9.97 Å². The molecule has 1 saturated carbocycles. The molecule has 0 bridgehead atoms. The third kappa shape index (κ3) is 2.92. The molecule has 0 N–H and O–H groups in total. The molecule has 0 saturated heterocycles. The zero-order valence-corrected chi connectivity index (χ0v) is 15.5. The SMILES string of the molecule is COC(=O)c1ccc(C2(c3nc(-c4cccnc4)cs3)CCCC2)cc1. The Morgan fingerprint density at radius 2 is 1.92 bits per heavy atom. The van der Waals surface area contributed by atoms with E-state index >= 15 is 0 Å². The number of pyridine rings is 1. The Kier molecular flexibility index (Phi) is 4.55. The van der Waals surface area contributed by atoms with E-state index in [1.807, 2.05) is 30.5 Å². The molecule has 0 radical (unpaired) electrons. The summed E-state index contributed by atoms with van der Waals surface area (Å²) in [5.74, 6) is -0.301. The van der Waals surface area contributed by atoms with Crippen molar-refractivity contribution in [2.75, 3.05) is 7.11 Å². The summed E-state index contributed by atoms with van der Waals surface area (Å²) in [5, 5.41) is 3.27. The fraction of sp³-hybridized carbons (Fsp3) is 0.286. The maximum Gasteiger partial charge on any atom is 0.337 e. The number of hydrogen-bond acceptors (Lipinski definition) is 5. The second kappa shape index (κ2) is 7.00. The molecule has 5 heteroatoms. The summed E-state index contributed by atoms with van der Waals surface area (Å²) in [4.78, 5) is 20.9. The highest BCUT2D eigenvalue weighted by Crippen LogP contribution is 2.48. The summed E-state index contributed by atoms with van der Waals surface area (Å²) in [6.07, 6.45) is 8.19. The number of esters is 1. The molecule has 26 heavy (non-hydrogen) atoms. The predicted octanol–water partition coefficient (Wildman–Crippen LogP) is 4.85. The second-order valence-corrected chi connectivity index (χ2v) is 7.50. The Bertz CT molecular complexity index is 897. The number of thiazole rings is 1. The molecule has 2 heterocycles. The van der Waals surface area contributed by atoms with Gasteiger partial charge in [0.05, 0.1) is 18.4 Å². The highest BCUT2D eigenvalue weighted by Gasteiger charge is 2.40. The van der Waals surface area contributed by atoms with Crippen LogP contribution in [0.1, 0.15) is 46.6 Å². The number of carbonyl (C=O) groups is 1. The lowest BCUT2D eigenvalue weighted by molar-refractivity contribution is 0.0600. The van der Waals surface area contributed by atoms with Crippen LogP contribution in [0.3, 0.4) is 0 Å². The monoisotopic (exact) mass is 364 g/mol. The number of ether oxygens (including phenoxy) is 1. The summed E-state index contributed by atoms with van der Waals surface area (Å²) in [6, 6.07) is 11.8. The molecule has 2 aromatic heterocycles. The van der Waals surface area contributed by atoms with Crippen molar-refractivity contribution in [3.8, 4) is 11.3 Å². The topological polar surface area (TPSA) is 52.1 Å². The van der Waals surface area contributed by atoms with E-state index in [9.17, 15) is 4.79 Å². The second-order valence-electron chi connectivity index (χ2n) is 6.64. The normalized spacial score (nSPS) is 15.7. The van der Waals surface area contributed by atoms with E-state index in [-0.39, 0.29) is 11.4 Å². The minimum Gasteiger partial charge on any atom is -0.465 e. The van der Waals surface area contributed by atoms with Gasteiger partial charge in [-0.15, -0.1) is 11.3 Å². The van der Waals surface area contributed by atoms with Gasteiger partial charge < -0.3 is 4.74 Å². The highest BCUT2D eigenvalue weighted by molar-refractivity contribution is 7.10. The van der Waals surface area contributed by atoms with E-state index in [2.05, 4.69) is 22.5 Å². The molecule has 1 fully saturated rings. The van der Waals surface area contributed by atoms with Crippen LogP contribution in [-0.2, 0) is 10.2 Å². The maximum atomic E-state index is 11.7. The van der Waals surface area contributed by atoms with E-state index in [4.69, 9.17) is 9.72 Å². The molecular weight excluding hydrogens is 344 g/mol. The van der Waals surface area contributed by atoms with Gasteiger partial charge >= 0.3 is 5.97 Å². The van der Waals surface area contributed by atoms with E-state index < -0.39 is 0 Å². The zero-order valence-electron chi connectivity index (χ0n) is 14.6. The third-order valence-corrected chi connectivity index (χ3v) is 6.23. The number of methoxy groups -OCH3 is 1. The quantitative estimate of drug-likeness (QED) is 0.621. The molecule has 0 atom stereocenters. The molecule has 132 valence electrons. The molecular formula is C21H20N2O2S. The number of carbonyl (C=O) groups excluding carboxylic acids is 1. The highest BCUT2D eigenvalue weighted by atomic mass is 32.1. The van der Waals surface area contributed by atoms with E-state index in [0.717, 1.165) is 29.1 Å². The van der Waals surface area contributed by atoms with Gasteiger partial charge in [-0.3, -0.25) is 4.98 Å². The van der Waals surface area contributed by atoms with E-state index in [1.54, 1.807) is 17.5 Å². The van der Waals surface area contributed by atoms with Gasteiger partial charge in [0.15, 0.2) is 0 Å². The molecule has 1 aliphatic rings. The third-order valence-electron chi connectivity index (χ3n) is 5.19. The summed E-state index contributed by atoms with van der Waals surface area (Å²) < 4.78 is 4.81. The van der Waals surface area contributed by atoms with Crippen LogP contribution in [0.4, 0.5) is 0 Å². The lowest BCUT2D eigenvalue weighted by atomic mass is 9.79. The summed E-state index contributed by atoms with van der Waals surface area (Å²) in [6.45, 7) is 0. The number of rotatable bonds is 4. The Balaban J connectivity index is 1.71. The Labute approximate surface area is 156 Å². The predicted molar refractivity (Wildman–Crippen MR) is 102 cm³/mol. The Morgan fingerprint density at radius 1 is 1.15 bits per heavy atom. The van der Waals surface area contributed by atoms with Gasteiger partial charge in [0.25, 0.3) is 0 Å². The first-order valence-electron chi connectivity index (χ1n) is 8.78. The molecule has 1 aliphatic carbocycles. The van der Waals surface area contributed by atoms with Crippen molar-refractivity contribution < 1.29 is 9.53 Å². The summed E-state index contributed by atoms with van der Waals surface area (Å²) >= 11 is 1.72. The van der Waals surface area contributed by atoms with E-state index in [0.29, 0.717) is 5.56 Å². The van der Waals surface area contributed by atoms with Crippen molar-refractivity contribution >= 4 is 17.3 Å². The molecule has 4 nitrogen and oxygen atoms in total. The molecule has 1 aromatic carbocycles. The molecule has 0 aliphatic heterocycles. The van der Waals surface area contributed by atoms with Gasteiger partial charge in [-0.2, -0.15) is 0 Å². The first-order chi connectivity index (χ1) is 12.7. The maximum absolute atomic E-state index is 11.7. The van der Waals surface area contributed by atoms with Crippen molar-refractivity contribution in [2.45, 2.75) is 31.1 Å². The minimum atomic E-state index is -0.301. The van der Waals surface area contributed by atoms with Gasteiger partial charge in [0.2, 0.25) is 0 Å². The van der Waals surface area contributed by atoms with Crippen LogP contribution in [0.15, 0.2) is 54.2 Å². The first-order valence-corrected chi connectivity index (χ1v) is 9.66. The molecule has 0 spiro atoms. The van der Waals surface area contributed by atoms with Crippen LogP contribution in [0.5, 0.6) is 0 Å². The average molecular weight is 364 g/mol.